The summed E-state index contributed by atoms with van der Waals surface area (Å²) < 4.78 is 19.4. The summed E-state index contributed by atoms with van der Waals surface area (Å²) in [7, 11) is 3.93. The molecule has 2 heterocycles. The molecule has 0 amide bonds. The molecule has 0 radical (unpaired) electrons. The van der Waals surface area contributed by atoms with Gasteiger partial charge in [-0.1, -0.05) is 59.9 Å². The molecule has 0 fully saturated rings. The second-order valence-corrected chi connectivity index (χ2v) is 11.2. The third kappa shape index (κ3) is 6.41. The fourth-order valence-electron chi connectivity index (χ4n) is 4.95. The Kier molecular flexibility index (Phi) is 9.11. The van der Waals surface area contributed by atoms with Crippen LogP contribution in [0.15, 0.2) is 93.9 Å². The SMILES string of the molecule is CCOC(=O)C1=C(C)N=c2sc(=Cc3ccc(OCc4ccccc4)c(OCC)c3)c(=O)n2[C@@H]1c1ccc(N(C)C)cc1. The number of hydrogen-bond donors (Lipinski definition) is 0. The summed E-state index contributed by atoms with van der Waals surface area (Å²) in [6.07, 6.45) is 1.82. The van der Waals surface area contributed by atoms with Gasteiger partial charge in [-0.3, -0.25) is 9.36 Å². The summed E-state index contributed by atoms with van der Waals surface area (Å²) in [4.78, 5) is 34.4. The molecule has 1 aliphatic heterocycles. The molecule has 5 rings (SSSR count). The highest BCUT2D eigenvalue weighted by atomic mass is 32.1. The predicted octanol–water partition coefficient (Wildman–Crippen LogP) is 4.84. The van der Waals surface area contributed by atoms with E-state index in [9.17, 15) is 9.59 Å². The highest BCUT2D eigenvalue weighted by molar-refractivity contribution is 7.07. The number of hydrogen-bond acceptors (Lipinski definition) is 8. The smallest absolute Gasteiger partial charge is 0.338 e. The van der Waals surface area contributed by atoms with E-state index in [0.29, 0.717) is 45.3 Å². The zero-order valence-corrected chi connectivity index (χ0v) is 25.8. The van der Waals surface area contributed by atoms with Gasteiger partial charge in [-0.2, -0.15) is 0 Å². The Morgan fingerprint density at radius 1 is 0.977 bits per heavy atom. The molecule has 0 saturated heterocycles. The van der Waals surface area contributed by atoms with Crippen molar-refractivity contribution in [3.05, 3.63) is 120 Å². The van der Waals surface area contributed by atoms with E-state index in [2.05, 4.69) is 4.99 Å². The number of nitrogens with zero attached hydrogens (tertiary/aromatic N) is 3. The van der Waals surface area contributed by atoms with Crippen molar-refractivity contribution < 1.29 is 19.0 Å². The Balaban J connectivity index is 1.56. The van der Waals surface area contributed by atoms with Gasteiger partial charge in [0, 0.05) is 19.8 Å². The van der Waals surface area contributed by atoms with E-state index in [1.54, 1.807) is 18.4 Å². The second kappa shape index (κ2) is 13.1. The molecule has 0 N–H and O–H groups in total. The molecular formula is C34H35N3O5S. The van der Waals surface area contributed by atoms with Gasteiger partial charge in [-0.25, -0.2) is 9.79 Å². The van der Waals surface area contributed by atoms with E-state index in [4.69, 9.17) is 14.2 Å². The van der Waals surface area contributed by atoms with E-state index >= 15 is 0 Å². The number of carbonyl (C=O) groups is 1. The highest BCUT2D eigenvalue weighted by Gasteiger charge is 2.33. The molecule has 1 atom stereocenters. The van der Waals surface area contributed by atoms with Gasteiger partial charge < -0.3 is 19.1 Å². The van der Waals surface area contributed by atoms with Gasteiger partial charge in [-0.05, 0) is 67.8 Å². The van der Waals surface area contributed by atoms with Gasteiger partial charge in [0.2, 0.25) is 0 Å². The maximum Gasteiger partial charge on any atom is 0.338 e. The number of ether oxygens (including phenoxy) is 3. The van der Waals surface area contributed by atoms with Gasteiger partial charge in [0.05, 0.1) is 35.1 Å². The minimum atomic E-state index is -0.665. The Hall–Kier alpha value is -4.63. The van der Waals surface area contributed by atoms with E-state index in [1.807, 2.05) is 105 Å². The first-order valence-electron chi connectivity index (χ1n) is 14.2. The van der Waals surface area contributed by atoms with Gasteiger partial charge in [-0.15, -0.1) is 0 Å². The maximum atomic E-state index is 14.0. The minimum absolute atomic E-state index is 0.222. The van der Waals surface area contributed by atoms with Crippen molar-refractivity contribution >= 4 is 29.1 Å². The van der Waals surface area contributed by atoms with Crippen molar-refractivity contribution in [2.75, 3.05) is 32.2 Å². The Morgan fingerprint density at radius 3 is 2.40 bits per heavy atom. The van der Waals surface area contributed by atoms with Crippen molar-refractivity contribution in [2.24, 2.45) is 4.99 Å². The van der Waals surface area contributed by atoms with Crippen LogP contribution >= 0.6 is 11.3 Å². The zero-order valence-electron chi connectivity index (χ0n) is 25.0. The van der Waals surface area contributed by atoms with Crippen LogP contribution < -0.4 is 29.3 Å². The Morgan fingerprint density at radius 2 is 1.72 bits per heavy atom. The first-order chi connectivity index (χ1) is 20.8. The van der Waals surface area contributed by atoms with Crippen LogP contribution in [0.1, 0.15) is 43.5 Å². The molecule has 3 aromatic carbocycles. The fraction of sp³-hybridized carbons (Fsp3) is 0.265. The van der Waals surface area contributed by atoms with Gasteiger partial charge in [0.25, 0.3) is 5.56 Å². The third-order valence-electron chi connectivity index (χ3n) is 7.04. The van der Waals surface area contributed by atoms with E-state index < -0.39 is 12.0 Å². The van der Waals surface area contributed by atoms with Crippen molar-refractivity contribution in [3.63, 3.8) is 0 Å². The molecule has 0 aliphatic carbocycles. The third-order valence-corrected chi connectivity index (χ3v) is 8.03. The molecule has 1 aromatic heterocycles. The van der Waals surface area contributed by atoms with Crippen LogP contribution in [0.4, 0.5) is 5.69 Å². The topological polar surface area (TPSA) is 82.4 Å². The number of esters is 1. The van der Waals surface area contributed by atoms with E-state index in [-0.39, 0.29) is 12.2 Å². The molecule has 9 heteroatoms. The summed E-state index contributed by atoms with van der Waals surface area (Å²) >= 11 is 1.29. The zero-order chi connectivity index (χ0) is 30.5. The predicted molar refractivity (Wildman–Crippen MR) is 170 cm³/mol. The summed E-state index contributed by atoms with van der Waals surface area (Å²) in [6.45, 7) is 6.57. The van der Waals surface area contributed by atoms with Crippen LogP contribution in [-0.4, -0.2) is 37.8 Å². The number of benzene rings is 3. The molecule has 1 aliphatic rings. The molecule has 0 spiro atoms. The van der Waals surface area contributed by atoms with Crippen LogP contribution in [0, 0.1) is 0 Å². The standard InChI is InChI=1S/C34H35N3O5S/c1-6-40-28-19-24(13-18-27(28)42-21-23-11-9-8-10-12-23)20-29-32(38)37-31(25-14-16-26(17-15-25)36(4)5)30(33(39)41-7-2)22(3)35-34(37)43-29/h8-20,31H,6-7,21H2,1-5H3/t31-/m1/s1. The lowest BCUT2D eigenvalue weighted by molar-refractivity contribution is -0.139. The monoisotopic (exact) mass is 597 g/mol. The second-order valence-electron chi connectivity index (χ2n) is 10.2. The highest BCUT2D eigenvalue weighted by Crippen LogP contribution is 2.32. The first-order valence-corrected chi connectivity index (χ1v) is 15.0. The lowest BCUT2D eigenvalue weighted by atomic mass is 9.95. The number of rotatable bonds is 10. The van der Waals surface area contributed by atoms with Crippen LogP contribution in [0.2, 0.25) is 0 Å². The summed E-state index contributed by atoms with van der Waals surface area (Å²) in [5, 5.41) is 0. The Bertz CT molecular complexity index is 1820. The van der Waals surface area contributed by atoms with Gasteiger partial charge in [0.1, 0.15) is 6.61 Å². The molecule has 222 valence electrons. The molecule has 43 heavy (non-hydrogen) atoms. The number of allylic oxidation sites excluding steroid dienone is 1. The van der Waals surface area contributed by atoms with Gasteiger partial charge in [0.15, 0.2) is 16.3 Å². The van der Waals surface area contributed by atoms with Crippen LogP contribution in [0.5, 0.6) is 11.5 Å². The summed E-state index contributed by atoms with van der Waals surface area (Å²) in [5.41, 5.74) is 4.31. The largest absolute Gasteiger partial charge is 0.490 e. The lowest BCUT2D eigenvalue weighted by Gasteiger charge is -2.25. The normalized spacial score (nSPS) is 14.6. The number of aromatic nitrogens is 1. The van der Waals surface area contributed by atoms with Crippen molar-refractivity contribution in [2.45, 2.75) is 33.4 Å². The maximum absolute atomic E-state index is 14.0. The number of anilines is 1. The minimum Gasteiger partial charge on any atom is -0.490 e. The summed E-state index contributed by atoms with van der Waals surface area (Å²) in [5.74, 6) is 0.742. The quantitative estimate of drug-likeness (QED) is 0.243. The molecule has 4 aromatic rings. The van der Waals surface area contributed by atoms with Crippen LogP contribution in [0.3, 0.4) is 0 Å². The van der Waals surface area contributed by atoms with Crippen molar-refractivity contribution in [1.82, 2.24) is 4.57 Å². The molecule has 0 saturated carbocycles. The molecule has 0 unspecified atom stereocenters. The average molecular weight is 598 g/mol. The number of carbonyl (C=O) groups excluding carboxylic acids is 1. The van der Waals surface area contributed by atoms with Crippen LogP contribution in [-0.2, 0) is 16.1 Å². The van der Waals surface area contributed by atoms with Gasteiger partial charge >= 0.3 is 5.97 Å². The van der Waals surface area contributed by atoms with Crippen molar-refractivity contribution in [3.8, 4) is 11.5 Å². The number of fused-ring (bicyclic) bond motifs is 1. The Labute approximate surface area is 254 Å². The van der Waals surface area contributed by atoms with Crippen LogP contribution in [0.25, 0.3) is 6.08 Å². The van der Waals surface area contributed by atoms with E-state index in [0.717, 1.165) is 22.4 Å². The van der Waals surface area contributed by atoms with E-state index in [1.165, 1.54) is 11.3 Å². The lowest BCUT2D eigenvalue weighted by Crippen LogP contribution is -2.39. The first kappa shape index (κ1) is 29.8. The molecule has 0 bridgehead atoms. The van der Waals surface area contributed by atoms with Crippen molar-refractivity contribution in [1.29, 1.82) is 0 Å². The average Bonchev–Trinajstić information content (AvgIpc) is 3.30. The number of thiazole rings is 1. The molecular weight excluding hydrogens is 562 g/mol. The fourth-order valence-corrected chi connectivity index (χ4v) is 6.00. The molecule has 8 nitrogen and oxygen atoms in total. The summed E-state index contributed by atoms with van der Waals surface area (Å²) in [6, 6.07) is 22.7.